The van der Waals surface area contributed by atoms with E-state index in [0.717, 1.165) is 12.1 Å². The highest BCUT2D eigenvalue weighted by molar-refractivity contribution is 6.61. The van der Waals surface area contributed by atoms with Crippen LogP contribution in [-0.4, -0.2) is 36.3 Å². The minimum Gasteiger partial charge on any atom is -0.398 e. The van der Waals surface area contributed by atoms with Crippen molar-refractivity contribution in [2.45, 2.75) is 58.5 Å². The lowest BCUT2D eigenvalue weighted by Gasteiger charge is -2.33. The van der Waals surface area contributed by atoms with Crippen LogP contribution in [0.15, 0.2) is 18.3 Å². The minimum atomic E-state index is -3.75. The van der Waals surface area contributed by atoms with Crippen LogP contribution in [0.1, 0.15) is 63.7 Å². The highest BCUT2D eigenvalue weighted by atomic mass is 16.7. The highest BCUT2D eigenvalue weighted by Gasteiger charge is 2.52. The molecule has 1 atom stereocenters. The second-order valence-corrected chi connectivity index (χ2v) is 6.21. The third kappa shape index (κ3) is 2.89. The van der Waals surface area contributed by atoms with Crippen molar-refractivity contribution in [3.63, 3.8) is 0 Å². The average molecular weight is 314 g/mol. The Labute approximate surface area is 151 Å². The van der Waals surface area contributed by atoms with E-state index in [1.807, 2.05) is 0 Å². The van der Waals surface area contributed by atoms with E-state index < -0.39 is 56.8 Å². The molecule has 0 bridgehead atoms. The Bertz CT molecular complexity index is 967. The lowest BCUT2D eigenvalue weighted by molar-refractivity contribution is 0.00578. The van der Waals surface area contributed by atoms with Crippen LogP contribution < -0.4 is 10.5 Å². The lowest BCUT2D eigenvalue weighted by atomic mass is 9.84. The number of pyridine rings is 1. The molecule has 1 unspecified atom stereocenters. The summed E-state index contributed by atoms with van der Waals surface area (Å²) in [6.07, 6.45) is -6.20. The first-order valence-corrected chi connectivity index (χ1v) is 7.02. The van der Waals surface area contributed by atoms with Crippen LogP contribution in [0, 0.1) is 5.89 Å². The van der Waals surface area contributed by atoms with Gasteiger partial charge in [-0.2, -0.15) is 0 Å². The highest BCUT2D eigenvalue weighted by Crippen LogP contribution is 2.36. The van der Waals surface area contributed by atoms with Crippen LogP contribution in [0.3, 0.4) is 0 Å². The topological polar surface area (TPSA) is 34.6 Å². The summed E-state index contributed by atoms with van der Waals surface area (Å²) in [5.41, 5.74) is -1.78. The van der Waals surface area contributed by atoms with Crippen molar-refractivity contribution >= 4 is 18.4 Å². The molecule has 5 heteroatoms. The molecule has 22 heavy (non-hydrogen) atoms. The maximum absolute atomic E-state index is 8.54. The number of hydrogen-bond acceptors (Lipinski definition) is 4. The van der Waals surface area contributed by atoms with E-state index in [0.29, 0.717) is 0 Å². The predicted molar refractivity (Wildman–Crippen MR) is 90.6 cm³/mol. The second kappa shape index (κ2) is 5.53. The summed E-state index contributed by atoms with van der Waals surface area (Å²) in [4.78, 5) is 4.32. The van der Waals surface area contributed by atoms with Crippen LogP contribution in [0.25, 0.3) is 0 Å². The molecule has 120 valence electrons. The number of rotatable bonds is 2. The SMILES string of the molecule is [2H]C([2H])([2H])C1([2H])C([2H])([2H])N(c2ccnc(B3OC(C)(C)C(C)(C)O3)c2)C([2H])([2H])C([2H])([2H])C1([2H])[2H]. The Morgan fingerprint density at radius 3 is 2.82 bits per heavy atom. The van der Waals surface area contributed by atoms with E-state index in [1.165, 1.54) is 6.20 Å². The molecule has 3 rings (SSSR count). The number of nitrogens with zero attached hydrogens (tertiary/aromatic N) is 2. The second-order valence-electron chi connectivity index (χ2n) is 6.21. The van der Waals surface area contributed by atoms with Gasteiger partial charge in [-0.15, -0.1) is 0 Å². The van der Waals surface area contributed by atoms with Crippen molar-refractivity contribution in [1.29, 1.82) is 0 Å². The largest absolute Gasteiger partial charge is 0.514 e. The van der Waals surface area contributed by atoms with Gasteiger partial charge in [0, 0.05) is 41.3 Å². The number of anilines is 1. The first-order valence-electron chi connectivity index (χ1n) is 13.0. The van der Waals surface area contributed by atoms with Crippen LogP contribution in [-0.2, 0) is 9.31 Å². The molecule has 1 aromatic rings. The van der Waals surface area contributed by atoms with Crippen LogP contribution in [0.2, 0.25) is 0 Å². The molecule has 2 aliphatic rings. The van der Waals surface area contributed by atoms with Gasteiger partial charge in [-0.1, -0.05) is 6.85 Å². The summed E-state index contributed by atoms with van der Waals surface area (Å²) in [5.74, 6) is -3.71. The molecule has 4 nitrogen and oxygen atoms in total. The first kappa shape index (κ1) is 6.82. The summed E-state index contributed by atoms with van der Waals surface area (Å²) in [5, 5.41) is 0. The van der Waals surface area contributed by atoms with E-state index in [1.54, 1.807) is 27.7 Å². The van der Waals surface area contributed by atoms with Crippen LogP contribution in [0.4, 0.5) is 5.69 Å². The van der Waals surface area contributed by atoms with E-state index >= 15 is 0 Å². The minimum absolute atomic E-state index is 0.0846. The summed E-state index contributed by atoms with van der Waals surface area (Å²) < 4.78 is 110. The van der Waals surface area contributed by atoms with Crippen molar-refractivity contribution in [2.24, 2.45) is 5.89 Å². The van der Waals surface area contributed by atoms with Gasteiger partial charge >= 0.3 is 7.12 Å². The van der Waals surface area contributed by atoms with Crippen LogP contribution >= 0.6 is 0 Å². The molecular weight excluding hydrogens is 275 g/mol. The summed E-state index contributed by atoms with van der Waals surface area (Å²) in [7, 11) is -1.04. The summed E-state index contributed by atoms with van der Waals surface area (Å²) >= 11 is 0. The van der Waals surface area contributed by atoms with Gasteiger partial charge in [0.2, 0.25) is 0 Å². The quantitative estimate of drug-likeness (QED) is 0.786. The molecule has 1 aromatic heterocycles. The smallest absolute Gasteiger partial charge is 0.398 e. The standard InChI is InChI=1S/C17H27BN2O2/c1-13-7-6-10-20(12-13)14-8-9-19-15(11-14)18-21-16(2,3)17(4,5)22-18/h8-9,11,13H,6-7,10,12H2,1-5H3/i1D3,6D2,7D2,10D2,12D2,13D. The fourth-order valence-electron chi connectivity index (χ4n) is 2.11. The fourth-order valence-corrected chi connectivity index (χ4v) is 2.11. The van der Waals surface area contributed by atoms with Crippen molar-refractivity contribution in [3.8, 4) is 0 Å². The molecular formula is C17H27BN2O2. The van der Waals surface area contributed by atoms with Crippen molar-refractivity contribution in [3.05, 3.63) is 18.3 Å². The van der Waals surface area contributed by atoms with Gasteiger partial charge in [0.25, 0.3) is 0 Å². The van der Waals surface area contributed by atoms with E-state index in [9.17, 15) is 0 Å². The van der Waals surface area contributed by atoms with Crippen molar-refractivity contribution in [1.82, 2.24) is 4.98 Å². The molecule has 0 radical (unpaired) electrons. The van der Waals surface area contributed by atoms with Gasteiger partial charge in [0.1, 0.15) is 0 Å². The maximum Gasteiger partial charge on any atom is 0.514 e. The zero-order valence-corrected chi connectivity index (χ0v) is 13.0. The molecule has 2 saturated heterocycles. The zero-order chi connectivity index (χ0) is 26.6. The Morgan fingerprint density at radius 1 is 1.41 bits per heavy atom. The van der Waals surface area contributed by atoms with E-state index in [-0.39, 0.29) is 16.2 Å². The molecule has 0 saturated carbocycles. The fraction of sp³-hybridized carbons (Fsp3) is 0.706. The van der Waals surface area contributed by atoms with Gasteiger partial charge in [0.15, 0.2) is 0 Å². The molecule has 3 heterocycles. The molecule has 0 aliphatic carbocycles. The van der Waals surface area contributed by atoms with Gasteiger partial charge < -0.3 is 14.2 Å². The van der Waals surface area contributed by atoms with Crippen molar-refractivity contribution < 1.29 is 25.8 Å². The number of aromatic nitrogens is 1. The van der Waals surface area contributed by atoms with E-state index in [4.69, 9.17) is 25.8 Å². The van der Waals surface area contributed by atoms with Gasteiger partial charge in [-0.25, -0.2) is 0 Å². The molecule has 0 spiro atoms. The lowest BCUT2D eigenvalue weighted by Crippen LogP contribution is -2.41. The van der Waals surface area contributed by atoms with Gasteiger partial charge in [-0.05, 0) is 58.5 Å². The average Bonchev–Trinajstić information content (AvgIpc) is 2.86. The van der Waals surface area contributed by atoms with E-state index in [2.05, 4.69) is 4.98 Å². The first-order chi connectivity index (χ1) is 14.9. The maximum atomic E-state index is 8.54. The summed E-state index contributed by atoms with van der Waals surface area (Å²) in [6.45, 7) is -3.44. The monoisotopic (exact) mass is 314 g/mol. The number of hydrogen-bond donors (Lipinski definition) is 0. The molecule has 0 aromatic carbocycles. The van der Waals surface area contributed by atoms with Crippen LogP contribution in [0.5, 0.6) is 0 Å². The Morgan fingerprint density at radius 2 is 2.14 bits per heavy atom. The van der Waals surface area contributed by atoms with Gasteiger partial charge in [0.05, 0.1) is 16.8 Å². The van der Waals surface area contributed by atoms with Crippen molar-refractivity contribution in [2.75, 3.05) is 17.9 Å². The third-order valence-corrected chi connectivity index (χ3v) is 4.10. The summed E-state index contributed by atoms with van der Waals surface area (Å²) in [6, 6.07) is 2.29. The molecule has 0 N–H and O–H groups in total. The van der Waals surface area contributed by atoms with Gasteiger partial charge in [-0.3, -0.25) is 4.98 Å². The number of piperidine rings is 1. The Balaban J connectivity index is 2.22. The Kier molecular flexibility index (Phi) is 1.72. The predicted octanol–water partition coefficient (Wildman–Crippen LogP) is 2.62. The third-order valence-electron chi connectivity index (χ3n) is 4.10. The zero-order valence-electron chi connectivity index (χ0n) is 25.0. The molecule has 2 aliphatic heterocycles. The molecule has 2 fully saturated rings. The normalized spacial score (nSPS) is 48.4. The Hall–Kier alpha value is -1.07. The molecule has 0 amide bonds.